The van der Waals surface area contributed by atoms with Crippen molar-refractivity contribution in [3.05, 3.63) is 29.8 Å². The number of rotatable bonds is 24. The van der Waals surface area contributed by atoms with Crippen molar-refractivity contribution < 1.29 is 46.3 Å². The van der Waals surface area contributed by atoms with Crippen molar-refractivity contribution in [3.8, 4) is 5.75 Å². The Bertz CT molecular complexity index is 1660. The zero-order valence-electron chi connectivity index (χ0n) is 45.3. The van der Waals surface area contributed by atoms with Crippen molar-refractivity contribution in [1.29, 1.82) is 0 Å². The number of amides is 1. The van der Waals surface area contributed by atoms with Crippen LogP contribution < -0.4 is 4.74 Å². The molecule has 0 saturated carbocycles. The van der Waals surface area contributed by atoms with Crippen LogP contribution in [0.25, 0.3) is 0 Å². The number of ketones is 1. The zero-order chi connectivity index (χ0) is 49.9. The summed E-state index contributed by atoms with van der Waals surface area (Å²) in [6.07, 6.45) is -1.79. The fourth-order valence-corrected chi connectivity index (χ4v) is 11.4. The van der Waals surface area contributed by atoms with Gasteiger partial charge in [-0.05, 0) is 97.1 Å². The molecule has 372 valence electrons. The zero-order valence-corrected chi connectivity index (χ0v) is 49.3. The maximum Gasteiger partial charge on any atom is 0.248 e. The first-order valence-corrected chi connectivity index (χ1v) is 35.2. The van der Waals surface area contributed by atoms with E-state index in [0.29, 0.717) is 13.2 Å². The van der Waals surface area contributed by atoms with Gasteiger partial charge in [0.25, 0.3) is 0 Å². The third-order valence-corrected chi connectivity index (χ3v) is 33.6. The fourth-order valence-electron chi connectivity index (χ4n) is 6.63. The average molecular weight is 971 g/mol. The second-order valence-electron chi connectivity index (χ2n) is 24.8. The number of carbonyl (C=O) groups is 2. The number of nitrogens with zero attached hydrogens (tertiary/aromatic N) is 1. The van der Waals surface area contributed by atoms with E-state index in [9.17, 15) is 4.79 Å². The predicted molar refractivity (Wildman–Crippen MR) is 272 cm³/mol. The van der Waals surface area contributed by atoms with Crippen molar-refractivity contribution in [3.63, 3.8) is 0 Å². The number of hydroxylamine groups is 2. The molecule has 0 bridgehead atoms. The molecule has 1 fully saturated rings. The summed E-state index contributed by atoms with van der Waals surface area (Å²) in [6, 6.07) is 7.90. The molecule has 1 aromatic carbocycles. The van der Waals surface area contributed by atoms with Gasteiger partial charge in [0.1, 0.15) is 17.1 Å². The second-order valence-corrected chi connectivity index (χ2v) is 43.9. The molecule has 64 heavy (non-hydrogen) atoms. The van der Waals surface area contributed by atoms with Crippen LogP contribution in [0.1, 0.15) is 109 Å². The molecule has 1 amide bonds. The summed E-state index contributed by atoms with van der Waals surface area (Å²) in [4.78, 5) is 35.8. The number of Topliss-reactive ketones (excluding diaryl/α,β-unsaturated/α-hetero) is 1. The first kappa shape index (κ1) is 58.9. The maximum atomic E-state index is 16.4. The molecule has 0 spiro atoms. The Labute approximate surface area is 395 Å². The molecule has 1 aromatic rings. The van der Waals surface area contributed by atoms with Crippen LogP contribution in [-0.2, 0) is 48.2 Å². The highest BCUT2D eigenvalue weighted by molar-refractivity contribution is 6.75. The minimum Gasteiger partial charge on any atom is -0.497 e. The summed E-state index contributed by atoms with van der Waals surface area (Å²) in [5, 5.41) is 0.590. The van der Waals surface area contributed by atoms with Gasteiger partial charge < -0.3 is 31.9 Å². The monoisotopic (exact) mass is 970 g/mol. The number of epoxide rings is 1. The number of hydrogen-bond donors (Lipinski definition) is 0. The Balaban J connectivity index is 2.91. The largest absolute Gasteiger partial charge is 0.497 e. The van der Waals surface area contributed by atoms with E-state index in [-0.39, 0.29) is 63.5 Å². The quantitative estimate of drug-likeness (QED) is 0.0563. The third-order valence-electron chi connectivity index (χ3n) is 15.7. The number of hydrogen-bond acceptors (Lipinski definition) is 10. The minimum absolute atomic E-state index is 0.0135. The number of methoxy groups -OCH3 is 1. The molecule has 0 aromatic heterocycles. The minimum atomic E-state index is -2.59. The van der Waals surface area contributed by atoms with Crippen molar-refractivity contribution in [2.24, 2.45) is 17.8 Å². The van der Waals surface area contributed by atoms with Crippen LogP contribution in [0.4, 0.5) is 0 Å². The van der Waals surface area contributed by atoms with Gasteiger partial charge in [0.2, 0.25) is 5.91 Å². The molecule has 2 rings (SSSR count). The predicted octanol–water partition coefficient (Wildman–Crippen LogP) is 12.0. The summed E-state index contributed by atoms with van der Waals surface area (Å²) >= 11 is 0. The van der Waals surface area contributed by atoms with Gasteiger partial charge in [-0.2, -0.15) is 0 Å². The highest BCUT2D eigenvalue weighted by Crippen LogP contribution is 2.52. The Morgan fingerprint density at radius 3 is 1.55 bits per heavy atom. The van der Waals surface area contributed by atoms with Crippen LogP contribution >= 0.6 is 0 Å². The van der Waals surface area contributed by atoms with E-state index in [1.165, 1.54) is 12.2 Å². The molecule has 0 aliphatic carbocycles. The molecular weight excluding hydrogens is 875 g/mol. The first-order valence-electron chi connectivity index (χ1n) is 23.6. The topological polar surface area (TPSA) is 115 Å². The number of benzene rings is 1. The first-order chi connectivity index (χ1) is 28.7. The molecule has 1 aliphatic heterocycles. The Hall–Kier alpha value is -1.25. The van der Waals surface area contributed by atoms with Crippen LogP contribution in [0.5, 0.6) is 5.75 Å². The molecular formula is C49H95NO10Si4. The molecule has 0 N–H and O–H groups in total. The van der Waals surface area contributed by atoms with E-state index in [1.54, 1.807) is 14.2 Å². The SMILES string of the molecule is COc1ccc(COC[C@H](C)[C@H]2OC2(C)[C@@H](O[Si](C)(C)C(C)(C)C)[C@@H](CO[Si](C)(C)C(C)(C)C)C(=O)[C@@H](CO[Si](C)(C)C(C)(C)C)[C@@H](CC(=O)N(C)OC)O[Si](C)(C)C(C)(C)C)cc1. The smallest absolute Gasteiger partial charge is 0.248 e. The van der Waals surface area contributed by atoms with Gasteiger partial charge in [0.05, 0.1) is 64.0 Å². The molecule has 1 saturated heterocycles. The van der Waals surface area contributed by atoms with Gasteiger partial charge in [0.15, 0.2) is 33.3 Å². The Morgan fingerprint density at radius 1 is 0.688 bits per heavy atom. The Kier molecular flexibility index (Phi) is 19.9. The normalized spacial score (nSPS) is 20.6. The summed E-state index contributed by atoms with van der Waals surface area (Å²) in [5.74, 6) is -1.19. The lowest BCUT2D eigenvalue weighted by atomic mass is 9.79. The highest BCUT2D eigenvalue weighted by Gasteiger charge is 2.65. The van der Waals surface area contributed by atoms with E-state index < -0.39 is 62.9 Å². The number of ether oxygens (including phenoxy) is 3. The van der Waals surface area contributed by atoms with E-state index in [2.05, 4.69) is 149 Å². The van der Waals surface area contributed by atoms with Gasteiger partial charge in [-0.15, -0.1) is 0 Å². The maximum absolute atomic E-state index is 16.4. The van der Waals surface area contributed by atoms with Crippen molar-refractivity contribution >= 4 is 45.0 Å². The van der Waals surface area contributed by atoms with Crippen LogP contribution in [0.15, 0.2) is 24.3 Å². The second kappa shape index (κ2) is 21.6. The highest BCUT2D eigenvalue weighted by atomic mass is 28.4. The van der Waals surface area contributed by atoms with Gasteiger partial charge in [0, 0.05) is 26.2 Å². The van der Waals surface area contributed by atoms with E-state index in [1.807, 2.05) is 24.3 Å². The van der Waals surface area contributed by atoms with Gasteiger partial charge in [-0.1, -0.05) is 102 Å². The molecule has 11 nitrogen and oxygen atoms in total. The van der Waals surface area contributed by atoms with Crippen molar-refractivity contribution in [2.45, 2.75) is 206 Å². The molecule has 7 atom stereocenters. The Morgan fingerprint density at radius 2 is 1.12 bits per heavy atom. The molecule has 15 heteroatoms. The summed E-state index contributed by atoms with van der Waals surface area (Å²) in [6.45, 7) is 49.5. The van der Waals surface area contributed by atoms with Gasteiger partial charge in [-0.3, -0.25) is 14.4 Å². The van der Waals surface area contributed by atoms with E-state index >= 15 is 4.79 Å². The molecule has 0 radical (unpaired) electrons. The molecule has 1 aliphatic rings. The van der Waals surface area contributed by atoms with Crippen molar-refractivity contribution in [2.75, 3.05) is 41.1 Å². The molecule has 1 unspecified atom stereocenters. The van der Waals surface area contributed by atoms with Crippen LogP contribution in [0.3, 0.4) is 0 Å². The standard InChI is InChI=1S/C49H95NO10Si4/c1-35(31-55-32-36-26-28-37(53-16)29-27-36)43-49(14,58-43)44(60-64(24,25)48(11,12)13)39(34-57-62(20,21)46(5,6)7)42(52)38(33-56-61(18,19)45(2,3)4)40(30-41(51)50(15)54-17)59-63(22,23)47(8,9)10/h26-29,35,38-40,43-44H,30-34H2,1-25H3/t35-,38-,39-,40+,43+,44-,49?/m0/s1. The average Bonchev–Trinajstić information content (AvgIpc) is 3.84. The summed E-state index contributed by atoms with van der Waals surface area (Å²) in [7, 11) is -5.30. The van der Waals surface area contributed by atoms with Gasteiger partial charge >= 0.3 is 0 Å². The van der Waals surface area contributed by atoms with Gasteiger partial charge in [-0.25, -0.2) is 5.06 Å². The van der Waals surface area contributed by atoms with Crippen LogP contribution in [0, 0.1) is 17.8 Å². The van der Waals surface area contributed by atoms with Crippen molar-refractivity contribution in [1.82, 2.24) is 5.06 Å². The van der Waals surface area contributed by atoms with E-state index in [0.717, 1.165) is 11.3 Å². The summed E-state index contributed by atoms with van der Waals surface area (Å²) < 4.78 is 47.5. The summed E-state index contributed by atoms with van der Waals surface area (Å²) in [5.41, 5.74) is 0.207. The third kappa shape index (κ3) is 15.1. The number of carbonyl (C=O) groups excluding carboxylic acids is 2. The lowest BCUT2D eigenvalue weighted by Crippen LogP contribution is -2.57. The lowest BCUT2D eigenvalue weighted by Gasteiger charge is -2.46. The van der Waals surface area contributed by atoms with E-state index in [4.69, 9.17) is 36.8 Å². The van der Waals surface area contributed by atoms with Crippen LogP contribution in [0.2, 0.25) is 72.5 Å². The lowest BCUT2D eigenvalue weighted by molar-refractivity contribution is -0.171. The fraction of sp³-hybridized carbons (Fsp3) is 0.837. The van der Waals surface area contributed by atoms with Crippen LogP contribution in [-0.4, -0.2) is 115 Å². The molecule has 1 heterocycles.